The summed E-state index contributed by atoms with van der Waals surface area (Å²) in [5, 5.41) is 5.26. The van der Waals surface area contributed by atoms with E-state index in [0.717, 1.165) is 0 Å². The lowest BCUT2D eigenvalue weighted by Gasteiger charge is -2.24. The van der Waals surface area contributed by atoms with Gasteiger partial charge in [0, 0.05) is 11.9 Å². The Labute approximate surface area is 120 Å². The van der Waals surface area contributed by atoms with Crippen LogP contribution in [0.25, 0.3) is 0 Å². The Hall–Kier alpha value is -2.63. The van der Waals surface area contributed by atoms with Gasteiger partial charge >= 0.3 is 0 Å². The fourth-order valence-electron chi connectivity index (χ4n) is 2.30. The number of carbonyl (C=O) groups is 2. The van der Waals surface area contributed by atoms with Crippen LogP contribution in [0.3, 0.4) is 0 Å². The summed E-state index contributed by atoms with van der Waals surface area (Å²) in [7, 11) is 0. The van der Waals surface area contributed by atoms with E-state index < -0.39 is 6.04 Å². The molecular weight excluding hydrogens is 273 g/mol. The lowest BCUT2D eigenvalue weighted by Crippen LogP contribution is -2.50. The van der Waals surface area contributed by atoms with Crippen molar-refractivity contribution in [2.45, 2.75) is 19.5 Å². The van der Waals surface area contributed by atoms with Crippen molar-refractivity contribution in [3.05, 3.63) is 53.6 Å². The van der Waals surface area contributed by atoms with E-state index in [1.807, 2.05) is 0 Å². The summed E-state index contributed by atoms with van der Waals surface area (Å²) in [6.45, 7) is 2.00. The van der Waals surface area contributed by atoms with E-state index in [0.29, 0.717) is 23.5 Å². The molecule has 2 heterocycles. The number of hydrogen-bond donors (Lipinski definition) is 2. The Kier molecular flexibility index (Phi) is 3.21. The molecule has 3 rings (SSSR count). The number of benzene rings is 1. The molecule has 0 aliphatic carbocycles. The molecule has 1 atom stereocenters. The third-order valence-corrected chi connectivity index (χ3v) is 3.50. The maximum absolute atomic E-state index is 13.5. The van der Waals surface area contributed by atoms with Crippen molar-refractivity contribution in [3.8, 4) is 0 Å². The third kappa shape index (κ3) is 2.52. The molecule has 108 valence electrons. The number of amides is 2. The molecule has 1 aliphatic heterocycles. The zero-order chi connectivity index (χ0) is 15.0. The van der Waals surface area contributed by atoms with Crippen molar-refractivity contribution >= 4 is 17.5 Å². The molecule has 21 heavy (non-hydrogen) atoms. The van der Waals surface area contributed by atoms with Crippen LogP contribution in [0.2, 0.25) is 0 Å². The summed E-state index contributed by atoms with van der Waals surface area (Å²) >= 11 is 0. The van der Waals surface area contributed by atoms with E-state index in [-0.39, 0.29) is 17.6 Å². The molecule has 5 nitrogen and oxygen atoms in total. The smallest absolute Gasteiger partial charge is 0.268 e. The van der Waals surface area contributed by atoms with Crippen LogP contribution in [0, 0.1) is 12.7 Å². The molecule has 0 fully saturated rings. The molecule has 1 aromatic carbocycles. The van der Waals surface area contributed by atoms with Crippen molar-refractivity contribution in [1.29, 1.82) is 0 Å². The minimum atomic E-state index is -0.679. The van der Waals surface area contributed by atoms with Crippen LogP contribution < -0.4 is 10.6 Å². The Morgan fingerprint density at radius 1 is 1.43 bits per heavy atom. The van der Waals surface area contributed by atoms with Crippen LogP contribution in [0.4, 0.5) is 10.1 Å². The Morgan fingerprint density at radius 3 is 3.00 bits per heavy atom. The number of carbonyl (C=O) groups excluding carboxylic acids is 2. The highest BCUT2D eigenvalue weighted by Gasteiger charge is 2.28. The predicted octanol–water partition coefficient (Wildman–Crippen LogP) is 1.69. The second-order valence-corrected chi connectivity index (χ2v) is 5.03. The maximum Gasteiger partial charge on any atom is 0.268 e. The molecule has 2 N–H and O–H groups in total. The number of nitrogens with one attached hydrogen (secondary N) is 2. The van der Waals surface area contributed by atoms with Gasteiger partial charge in [-0.1, -0.05) is 6.07 Å². The molecule has 2 aromatic rings. The normalized spacial score (nSPS) is 17.0. The predicted molar refractivity (Wildman–Crippen MR) is 75.5 cm³/mol. The Balaban J connectivity index is 1.74. The molecule has 1 aromatic heterocycles. The standard InChI is InChI=1S/C15H14FN3O2/c1-9-4-5-10(7-11(9)16)17-14(20)12-8-19-6-2-3-13(19)15(21)18-12/h2-7,12H,8H2,1H3,(H,17,20)(H,18,21). The van der Waals surface area contributed by atoms with E-state index in [4.69, 9.17) is 0 Å². The van der Waals surface area contributed by atoms with Crippen LogP contribution in [0.5, 0.6) is 0 Å². The lowest BCUT2D eigenvalue weighted by molar-refractivity contribution is -0.118. The quantitative estimate of drug-likeness (QED) is 0.883. The first kappa shape index (κ1) is 13.4. The first-order chi connectivity index (χ1) is 10.0. The summed E-state index contributed by atoms with van der Waals surface area (Å²) in [6, 6.07) is 7.25. The second kappa shape index (κ2) is 5.05. The summed E-state index contributed by atoms with van der Waals surface area (Å²) in [6.07, 6.45) is 1.75. The van der Waals surface area contributed by atoms with Gasteiger partial charge in [-0.05, 0) is 36.8 Å². The molecule has 0 saturated heterocycles. The monoisotopic (exact) mass is 287 g/mol. The highest BCUT2D eigenvalue weighted by Crippen LogP contribution is 2.15. The van der Waals surface area contributed by atoms with Gasteiger partial charge in [0.1, 0.15) is 17.6 Å². The van der Waals surface area contributed by atoms with Gasteiger partial charge < -0.3 is 15.2 Å². The van der Waals surface area contributed by atoms with Crippen LogP contribution in [-0.2, 0) is 11.3 Å². The highest BCUT2D eigenvalue weighted by molar-refractivity contribution is 6.01. The van der Waals surface area contributed by atoms with E-state index >= 15 is 0 Å². The fourth-order valence-corrected chi connectivity index (χ4v) is 2.30. The second-order valence-electron chi connectivity index (χ2n) is 5.03. The topological polar surface area (TPSA) is 63.1 Å². The number of anilines is 1. The molecule has 1 aliphatic rings. The number of rotatable bonds is 2. The minimum absolute atomic E-state index is 0.290. The van der Waals surface area contributed by atoms with E-state index in [9.17, 15) is 14.0 Å². The summed E-state index contributed by atoms with van der Waals surface area (Å²) in [5.41, 5.74) is 1.41. The third-order valence-electron chi connectivity index (χ3n) is 3.50. The molecule has 2 amide bonds. The van der Waals surface area contributed by atoms with Crippen LogP contribution in [0.1, 0.15) is 16.1 Å². The maximum atomic E-state index is 13.5. The molecule has 0 bridgehead atoms. The number of hydrogen-bond acceptors (Lipinski definition) is 2. The SMILES string of the molecule is Cc1ccc(NC(=O)C2Cn3cccc3C(=O)N2)cc1F. The number of aryl methyl sites for hydroxylation is 1. The molecule has 1 unspecified atom stereocenters. The number of nitrogens with zero attached hydrogens (tertiary/aromatic N) is 1. The van der Waals surface area contributed by atoms with Crippen molar-refractivity contribution in [2.75, 3.05) is 5.32 Å². The molecular formula is C15H14FN3O2. The van der Waals surface area contributed by atoms with E-state index in [2.05, 4.69) is 10.6 Å². The Bertz CT molecular complexity index is 723. The average molecular weight is 287 g/mol. The van der Waals surface area contributed by atoms with E-state index in [1.54, 1.807) is 42.0 Å². The first-order valence-corrected chi connectivity index (χ1v) is 6.57. The van der Waals surface area contributed by atoms with Gasteiger partial charge in [0.2, 0.25) is 5.91 Å². The van der Waals surface area contributed by atoms with Gasteiger partial charge in [0.15, 0.2) is 0 Å². The fraction of sp³-hybridized carbons (Fsp3) is 0.200. The van der Waals surface area contributed by atoms with Crippen molar-refractivity contribution in [2.24, 2.45) is 0 Å². The van der Waals surface area contributed by atoms with Crippen molar-refractivity contribution in [1.82, 2.24) is 9.88 Å². The molecule has 6 heteroatoms. The zero-order valence-corrected chi connectivity index (χ0v) is 11.4. The zero-order valence-electron chi connectivity index (χ0n) is 11.4. The number of aromatic nitrogens is 1. The largest absolute Gasteiger partial charge is 0.341 e. The first-order valence-electron chi connectivity index (χ1n) is 6.57. The summed E-state index contributed by atoms with van der Waals surface area (Å²) < 4.78 is 15.2. The highest BCUT2D eigenvalue weighted by atomic mass is 19.1. The minimum Gasteiger partial charge on any atom is -0.341 e. The molecule has 0 saturated carbocycles. The van der Waals surface area contributed by atoms with E-state index in [1.165, 1.54) is 6.07 Å². The van der Waals surface area contributed by atoms with Gasteiger partial charge in [-0.3, -0.25) is 9.59 Å². The van der Waals surface area contributed by atoms with Crippen molar-refractivity contribution < 1.29 is 14.0 Å². The van der Waals surface area contributed by atoms with Gasteiger partial charge in [-0.25, -0.2) is 4.39 Å². The molecule has 0 radical (unpaired) electrons. The average Bonchev–Trinajstić information content (AvgIpc) is 2.92. The van der Waals surface area contributed by atoms with Crippen molar-refractivity contribution in [3.63, 3.8) is 0 Å². The van der Waals surface area contributed by atoms with Gasteiger partial charge in [-0.15, -0.1) is 0 Å². The number of halogens is 1. The number of fused-ring (bicyclic) bond motifs is 1. The molecule has 0 spiro atoms. The van der Waals surface area contributed by atoms with Crippen LogP contribution >= 0.6 is 0 Å². The Morgan fingerprint density at radius 2 is 2.24 bits per heavy atom. The lowest BCUT2D eigenvalue weighted by atomic mass is 10.1. The van der Waals surface area contributed by atoms with Gasteiger partial charge in [0.05, 0.1) is 6.54 Å². The van der Waals surface area contributed by atoms with Gasteiger partial charge in [-0.2, -0.15) is 0 Å². The van der Waals surface area contributed by atoms with Gasteiger partial charge in [0.25, 0.3) is 5.91 Å². The summed E-state index contributed by atoms with van der Waals surface area (Å²) in [4.78, 5) is 24.0. The summed E-state index contributed by atoms with van der Waals surface area (Å²) in [5.74, 6) is -1.04. The van der Waals surface area contributed by atoms with Crippen LogP contribution in [0.15, 0.2) is 36.5 Å². The van der Waals surface area contributed by atoms with Crippen LogP contribution in [-0.4, -0.2) is 22.4 Å².